The molecule has 1 saturated heterocycles. The Morgan fingerprint density at radius 1 is 1.29 bits per heavy atom. The third-order valence-corrected chi connectivity index (χ3v) is 3.83. The van der Waals surface area contributed by atoms with Crippen molar-refractivity contribution in [3.8, 4) is 0 Å². The van der Waals surface area contributed by atoms with Crippen LogP contribution in [0.4, 0.5) is 20.6 Å². The lowest BCUT2D eigenvalue weighted by atomic mass is 10.1. The number of nitrogens with one attached hydrogen (secondary N) is 2. The van der Waals surface area contributed by atoms with E-state index in [9.17, 15) is 24.1 Å². The Kier molecular flexibility index (Phi) is 5.12. The first-order valence-corrected chi connectivity index (χ1v) is 8.00. The molecule has 2 aromatic rings. The molecule has 3 rings (SSSR count). The van der Waals surface area contributed by atoms with Gasteiger partial charge in [-0.15, -0.1) is 0 Å². The number of amides is 3. The van der Waals surface area contributed by atoms with Gasteiger partial charge in [-0.2, -0.15) is 4.99 Å². The number of anilines is 1. The summed E-state index contributed by atoms with van der Waals surface area (Å²) in [7, 11) is 1.53. The van der Waals surface area contributed by atoms with Gasteiger partial charge in [-0.3, -0.25) is 20.2 Å². The standard InChI is InChI=1S/C18H14FN5O4/c1-23-15(9-11-5-7-14(8-6-11)24(27)28)16(25)21-17(23)22-18(26)20-13-4-2-3-12(19)10-13/h2-10H,1H3,(H2,20,21,22,25,26)/b15-9-. The third kappa shape index (κ3) is 4.18. The number of guanidine groups is 1. The Balaban J connectivity index is 1.76. The van der Waals surface area contributed by atoms with Crippen molar-refractivity contribution in [2.24, 2.45) is 4.99 Å². The highest BCUT2D eigenvalue weighted by molar-refractivity contribution is 6.17. The van der Waals surface area contributed by atoms with E-state index in [0.29, 0.717) is 5.56 Å². The fraction of sp³-hybridized carbons (Fsp3) is 0.0556. The number of hydrogen-bond acceptors (Lipinski definition) is 4. The summed E-state index contributed by atoms with van der Waals surface area (Å²) in [5.74, 6) is -1.00. The van der Waals surface area contributed by atoms with Gasteiger partial charge in [0.1, 0.15) is 11.5 Å². The molecule has 142 valence electrons. The van der Waals surface area contributed by atoms with Gasteiger partial charge in [-0.05, 0) is 42.0 Å². The summed E-state index contributed by atoms with van der Waals surface area (Å²) in [5, 5.41) is 15.6. The molecule has 1 heterocycles. The van der Waals surface area contributed by atoms with E-state index in [0.717, 1.165) is 6.07 Å². The molecule has 2 N–H and O–H groups in total. The van der Waals surface area contributed by atoms with E-state index in [-0.39, 0.29) is 23.0 Å². The van der Waals surface area contributed by atoms with Gasteiger partial charge in [0.05, 0.1) is 4.92 Å². The minimum absolute atomic E-state index is 0.00735. The summed E-state index contributed by atoms with van der Waals surface area (Å²) in [4.78, 5) is 39.5. The van der Waals surface area contributed by atoms with Crippen LogP contribution in [-0.2, 0) is 4.79 Å². The van der Waals surface area contributed by atoms with E-state index in [2.05, 4.69) is 15.6 Å². The van der Waals surface area contributed by atoms with Crippen LogP contribution in [0, 0.1) is 15.9 Å². The number of aliphatic imine (C=N–C) groups is 1. The topological polar surface area (TPSA) is 117 Å². The Morgan fingerprint density at radius 2 is 2.00 bits per heavy atom. The molecule has 0 aliphatic carbocycles. The lowest BCUT2D eigenvalue weighted by molar-refractivity contribution is -0.384. The summed E-state index contributed by atoms with van der Waals surface area (Å²) < 4.78 is 13.2. The highest BCUT2D eigenvalue weighted by atomic mass is 19.1. The summed E-state index contributed by atoms with van der Waals surface area (Å²) in [6, 6.07) is 10.2. The molecule has 0 spiro atoms. The van der Waals surface area contributed by atoms with Crippen molar-refractivity contribution in [1.29, 1.82) is 0 Å². The average molecular weight is 383 g/mol. The molecular formula is C18H14FN5O4. The number of nitro benzene ring substituents is 1. The average Bonchev–Trinajstić information content (AvgIpc) is 2.89. The van der Waals surface area contributed by atoms with Crippen molar-refractivity contribution in [1.82, 2.24) is 10.2 Å². The monoisotopic (exact) mass is 383 g/mol. The van der Waals surface area contributed by atoms with Crippen molar-refractivity contribution in [2.45, 2.75) is 0 Å². The number of carbonyl (C=O) groups is 2. The van der Waals surface area contributed by atoms with E-state index in [1.807, 2.05) is 0 Å². The number of nitro groups is 1. The molecule has 0 saturated carbocycles. The van der Waals surface area contributed by atoms with Crippen LogP contribution in [-0.4, -0.2) is 34.8 Å². The molecule has 3 amide bonds. The molecule has 9 nitrogen and oxygen atoms in total. The minimum Gasteiger partial charge on any atom is -0.310 e. The molecule has 10 heteroatoms. The largest absolute Gasteiger partial charge is 0.348 e. The zero-order valence-electron chi connectivity index (χ0n) is 14.5. The molecule has 0 aromatic heterocycles. The first kappa shape index (κ1) is 18.7. The van der Waals surface area contributed by atoms with E-state index < -0.39 is 22.7 Å². The van der Waals surface area contributed by atoms with Gasteiger partial charge in [-0.1, -0.05) is 6.07 Å². The first-order chi connectivity index (χ1) is 13.3. The maximum absolute atomic E-state index is 13.2. The zero-order valence-corrected chi connectivity index (χ0v) is 14.5. The number of rotatable bonds is 3. The van der Waals surface area contributed by atoms with Gasteiger partial charge >= 0.3 is 6.03 Å². The number of halogens is 1. The van der Waals surface area contributed by atoms with E-state index in [4.69, 9.17) is 0 Å². The number of likely N-dealkylation sites (N-methyl/N-ethyl adjacent to an activating group) is 1. The lowest BCUT2D eigenvalue weighted by Gasteiger charge is -2.11. The second-order valence-corrected chi connectivity index (χ2v) is 5.77. The number of benzene rings is 2. The second-order valence-electron chi connectivity index (χ2n) is 5.77. The Labute approximate surface area is 158 Å². The number of nitrogens with zero attached hydrogens (tertiary/aromatic N) is 3. The van der Waals surface area contributed by atoms with Crippen LogP contribution >= 0.6 is 0 Å². The highest BCUT2D eigenvalue weighted by Crippen LogP contribution is 2.18. The first-order valence-electron chi connectivity index (χ1n) is 8.00. The highest BCUT2D eigenvalue weighted by Gasteiger charge is 2.29. The van der Waals surface area contributed by atoms with Gasteiger partial charge in [-0.25, -0.2) is 9.18 Å². The van der Waals surface area contributed by atoms with Crippen LogP contribution in [0.1, 0.15) is 5.56 Å². The molecule has 1 aliphatic heterocycles. The van der Waals surface area contributed by atoms with Crippen LogP contribution < -0.4 is 10.6 Å². The quantitative estimate of drug-likeness (QED) is 0.480. The van der Waals surface area contributed by atoms with Crippen LogP contribution in [0.3, 0.4) is 0 Å². The Bertz CT molecular complexity index is 1020. The van der Waals surface area contributed by atoms with Gasteiger partial charge in [0.25, 0.3) is 11.6 Å². The maximum Gasteiger partial charge on any atom is 0.348 e. The molecule has 2 aromatic carbocycles. The SMILES string of the molecule is CN1/C(=C\c2ccc([N+](=O)[O-])cc2)C(=O)N/C1=N\C(=O)Nc1cccc(F)c1. The molecule has 0 atom stereocenters. The smallest absolute Gasteiger partial charge is 0.310 e. The fourth-order valence-electron chi connectivity index (χ4n) is 2.45. The molecule has 0 bridgehead atoms. The predicted molar refractivity (Wildman–Crippen MR) is 99.8 cm³/mol. The lowest BCUT2D eigenvalue weighted by Crippen LogP contribution is -2.29. The van der Waals surface area contributed by atoms with Crippen molar-refractivity contribution < 1.29 is 18.9 Å². The van der Waals surface area contributed by atoms with Crippen LogP contribution in [0.15, 0.2) is 59.2 Å². The molecular weight excluding hydrogens is 369 g/mol. The number of non-ortho nitro benzene ring substituents is 1. The summed E-state index contributed by atoms with van der Waals surface area (Å²) in [5.41, 5.74) is 0.921. The van der Waals surface area contributed by atoms with E-state index in [1.165, 1.54) is 60.5 Å². The summed E-state index contributed by atoms with van der Waals surface area (Å²) in [6.45, 7) is 0. The van der Waals surface area contributed by atoms with Crippen LogP contribution in [0.5, 0.6) is 0 Å². The van der Waals surface area contributed by atoms with Gasteiger partial charge < -0.3 is 10.2 Å². The van der Waals surface area contributed by atoms with Gasteiger partial charge in [0.15, 0.2) is 0 Å². The zero-order chi connectivity index (χ0) is 20.3. The Hall–Kier alpha value is -4.08. The van der Waals surface area contributed by atoms with E-state index >= 15 is 0 Å². The third-order valence-electron chi connectivity index (χ3n) is 3.83. The Morgan fingerprint density at radius 3 is 2.64 bits per heavy atom. The van der Waals surface area contributed by atoms with Crippen molar-refractivity contribution in [3.63, 3.8) is 0 Å². The second kappa shape index (κ2) is 7.66. The number of urea groups is 1. The maximum atomic E-state index is 13.2. The van der Waals surface area contributed by atoms with Crippen LogP contribution in [0.2, 0.25) is 0 Å². The molecule has 0 radical (unpaired) electrons. The normalized spacial score (nSPS) is 16.4. The van der Waals surface area contributed by atoms with Gasteiger partial charge in [0.2, 0.25) is 5.96 Å². The van der Waals surface area contributed by atoms with Gasteiger partial charge in [0, 0.05) is 24.9 Å². The number of carbonyl (C=O) groups excluding carboxylic acids is 2. The fourth-order valence-corrected chi connectivity index (χ4v) is 2.45. The van der Waals surface area contributed by atoms with Crippen molar-refractivity contribution >= 4 is 35.3 Å². The van der Waals surface area contributed by atoms with Crippen LogP contribution in [0.25, 0.3) is 6.08 Å². The van der Waals surface area contributed by atoms with E-state index in [1.54, 1.807) is 0 Å². The van der Waals surface area contributed by atoms with Crippen molar-refractivity contribution in [3.05, 3.63) is 75.7 Å². The minimum atomic E-state index is -0.788. The molecule has 28 heavy (non-hydrogen) atoms. The number of hydrogen-bond donors (Lipinski definition) is 2. The molecule has 1 fully saturated rings. The summed E-state index contributed by atoms with van der Waals surface area (Å²) in [6.07, 6.45) is 1.51. The molecule has 1 aliphatic rings. The predicted octanol–water partition coefficient (Wildman–Crippen LogP) is 2.72. The molecule has 0 unspecified atom stereocenters. The van der Waals surface area contributed by atoms with Crippen molar-refractivity contribution in [2.75, 3.05) is 12.4 Å². The summed E-state index contributed by atoms with van der Waals surface area (Å²) >= 11 is 0.